The zero-order valence-electron chi connectivity index (χ0n) is 17.1. The van der Waals surface area contributed by atoms with Gasteiger partial charge in [-0.3, -0.25) is 0 Å². The minimum absolute atomic E-state index is 0.0166. The van der Waals surface area contributed by atoms with Crippen LogP contribution in [0, 0.1) is 0 Å². The average molecular weight is 426 g/mol. The first-order chi connectivity index (χ1) is 15.1. The maximum absolute atomic E-state index is 5.70. The fraction of sp³-hybridized carbons (Fsp3) is 0.421. The van der Waals surface area contributed by atoms with Gasteiger partial charge in [0.05, 0.1) is 32.1 Å². The molecule has 0 bridgehead atoms. The molecule has 0 saturated carbocycles. The second-order valence-electron chi connectivity index (χ2n) is 7.01. The highest BCUT2D eigenvalue weighted by atomic mass is 16.5. The van der Waals surface area contributed by atoms with Gasteiger partial charge in [0.15, 0.2) is 11.8 Å². The third-order valence-electron chi connectivity index (χ3n) is 4.81. The molecule has 12 nitrogen and oxygen atoms in total. The molecule has 1 aromatic heterocycles. The standard InChI is InChI=1S/C19H26N10O2/c20-16(21)26-17(22)23-14-3-1-13(2-4-14)15-24-18(28-5-9-30-10-6-28)27-19(25-15)29-7-11-31-12-8-29/h1-4H,5-12H2,(H6,20,21,22,23,26). The van der Waals surface area contributed by atoms with Crippen molar-refractivity contribution in [3.05, 3.63) is 24.3 Å². The van der Waals surface area contributed by atoms with Crippen LogP contribution in [0.1, 0.15) is 0 Å². The molecule has 0 unspecified atom stereocenters. The molecule has 0 atom stereocenters. The van der Waals surface area contributed by atoms with Crippen molar-refractivity contribution in [1.82, 2.24) is 15.0 Å². The van der Waals surface area contributed by atoms with Crippen LogP contribution >= 0.6 is 0 Å². The Morgan fingerprint density at radius 1 is 0.774 bits per heavy atom. The van der Waals surface area contributed by atoms with Gasteiger partial charge in [-0.05, 0) is 24.3 Å². The summed E-state index contributed by atoms with van der Waals surface area (Å²) in [5.41, 5.74) is 17.8. The predicted molar refractivity (Wildman–Crippen MR) is 118 cm³/mol. The summed E-state index contributed by atoms with van der Waals surface area (Å²) < 4.78 is 10.9. The number of anilines is 2. The van der Waals surface area contributed by atoms with Crippen molar-refractivity contribution in [2.45, 2.75) is 0 Å². The van der Waals surface area contributed by atoms with E-state index in [2.05, 4.69) is 19.8 Å². The van der Waals surface area contributed by atoms with Gasteiger partial charge in [0.2, 0.25) is 17.9 Å². The lowest BCUT2D eigenvalue weighted by atomic mass is 10.2. The topological polar surface area (TPSA) is 166 Å². The van der Waals surface area contributed by atoms with E-state index in [-0.39, 0.29) is 11.9 Å². The van der Waals surface area contributed by atoms with Crippen molar-refractivity contribution in [3.8, 4) is 11.4 Å². The number of rotatable bonds is 4. The zero-order valence-corrected chi connectivity index (χ0v) is 17.1. The molecule has 4 rings (SSSR count). The lowest BCUT2D eigenvalue weighted by molar-refractivity contribution is 0.121. The summed E-state index contributed by atoms with van der Waals surface area (Å²) in [6.45, 7) is 5.56. The van der Waals surface area contributed by atoms with E-state index < -0.39 is 0 Å². The number of hydrogen-bond donors (Lipinski definition) is 3. The van der Waals surface area contributed by atoms with Crippen LogP contribution in [0.2, 0.25) is 0 Å². The van der Waals surface area contributed by atoms with Crippen LogP contribution in [-0.4, -0.2) is 79.5 Å². The molecule has 0 radical (unpaired) electrons. The fourth-order valence-electron chi connectivity index (χ4n) is 3.27. The monoisotopic (exact) mass is 426 g/mol. The van der Waals surface area contributed by atoms with Crippen LogP contribution in [0.5, 0.6) is 0 Å². The SMILES string of the molecule is NC(N)=NC(N)=Nc1ccc(-c2nc(N3CCOCC3)nc(N3CCOCC3)n2)cc1. The van der Waals surface area contributed by atoms with E-state index in [4.69, 9.17) is 41.6 Å². The van der Waals surface area contributed by atoms with E-state index in [1.165, 1.54) is 0 Å². The van der Waals surface area contributed by atoms with E-state index in [1.807, 2.05) is 12.1 Å². The molecule has 164 valence electrons. The Labute approximate surface area is 179 Å². The molecule has 6 N–H and O–H groups in total. The first kappa shape index (κ1) is 20.8. The smallest absolute Gasteiger partial charge is 0.230 e. The number of aliphatic imine (C=N–C) groups is 2. The highest BCUT2D eigenvalue weighted by Gasteiger charge is 2.21. The molecule has 2 saturated heterocycles. The predicted octanol–water partition coefficient (Wildman–Crippen LogP) is -0.569. The number of guanidine groups is 2. The Kier molecular flexibility index (Phi) is 6.38. The molecule has 0 spiro atoms. The first-order valence-electron chi connectivity index (χ1n) is 10.0. The summed E-state index contributed by atoms with van der Waals surface area (Å²) in [5.74, 6) is 1.72. The van der Waals surface area contributed by atoms with Gasteiger partial charge in [0.1, 0.15) is 0 Å². The largest absolute Gasteiger partial charge is 0.378 e. The van der Waals surface area contributed by atoms with E-state index in [9.17, 15) is 0 Å². The Hall–Kier alpha value is -3.51. The van der Waals surface area contributed by atoms with Gasteiger partial charge >= 0.3 is 0 Å². The average Bonchev–Trinajstić information content (AvgIpc) is 2.80. The van der Waals surface area contributed by atoms with Crippen LogP contribution in [0.4, 0.5) is 17.6 Å². The van der Waals surface area contributed by atoms with E-state index in [1.54, 1.807) is 12.1 Å². The minimum Gasteiger partial charge on any atom is -0.378 e. The number of morpholine rings is 2. The number of hydrogen-bond acceptors (Lipinski definition) is 8. The lowest BCUT2D eigenvalue weighted by Gasteiger charge is -2.30. The van der Waals surface area contributed by atoms with Gasteiger partial charge in [0, 0.05) is 31.7 Å². The molecule has 0 amide bonds. The first-order valence-corrected chi connectivity index (χ1v) is 10.0. The van der Waals surface area contributed by atoms with Crippen LogP contribution in [0.15, 0.2) is 34.3 Å². The Morgan fingerprint density at radius 2 is 1.29 bits per heavy atom. The molecule has 2 aliphatic heterocycles. The quantitative estimate of drug-likeness (QED) is 0.425. The molecule has 12 heteroatoms. The maximum Gasteiger partial charge on any atom is 0.230 e. The Morgan fingerprint density at radius 3 is 1.77 bits per heavy atom. The fourth-order valence-corrected chi connectivity index (χ4v) is 3.27. The van der Waals surface area contributed by atoms with Gasteiger partial charge in [-0.1, -0.05) is 0 Å². The highest BCUT2D eigenvalue weighted by Crippen LogP contribution is 2.24. The van der Waals surface area contributed by atoms with Gasteiger partial charge in [-0.15, -0.1) is 0 Å². The van der Waals surface area contributed by atoms with Crippen LogP contribution in [0.25, 0.3) is 11.4 Å². The van der Waals surface area contributed by atoms with Gasteiger partial charge in [-0.25, -0.2) is 4.99 Å². The summed E-state index contributed by atoms with van der Waals surface area (Å²) in [6.07, 6.45) is 0. The van der Waals surface area contributed by atoms with Crippen molar-refractivity contribution in [1.29, 1.82) is 0 Å². The molecule has 2 fully saturated rings. The normalized spacial score (nSPS) is 17.5. The summed E-state index contributed by atoms with van der Waals surface area (Å²) in [7, 11) is 0. The summed E-state index contributed by atoms with van der Waals surface area (Å²) >= 11 is 0. The maximum atomic E-state index is 5.70. The Bertz CT molecular complexity index is 910. The molecular formula is C19H26N10O2. The molecule has 1 aromatic carbocycles. The second-order valence-corrected chi connectivity index (χ2v) is 7.01. The van der Waals surface area contributed by atoms with Crippen molar-refractivity contribution in [2.75, 3.05) is 62.4 Å². The lowest BCUT2D eigenvalue weighted by Crippen LogP contribution is -2.40. The molecule has 3 heterocycles. The van der Waals surface area contributed by atoms with Gasteiger partial charge in [0.25, 0.3) is 0 Å². The molecule has 31 heavy (non-hydrogen) atoms. The molecular weight excluding hydrogens is 400 g/mol. The molecule has 2 aromatic rings. The Balaban J connectivity index is 1.65. The summed E-state index contributed by atoms with van der Waals surface area (Å²) in [6, 6.07) is 7.36. The van der Waals surface area contributed by atoms with Gasteiger partial charge in [-0.2, -0.15) is 19.9 Å². The third kappa shape index (κ3) is 5.35. The van der Waals surface area contributed by atoms with Crippen LogP contribution < -0.4 is 27.0 Å². The number of benzene rings is 1. The van der Waals surface area contributed by atoms with Crippen molar-refractivity contribution in [3.63, 3.8) is 0 Å². The number of aromatic nitrogens is 3. The van der Waals surface area contributed by atoms with Crippen molar-refractivity contribution in [2.24, 2.45) is 27.2 Å². The molecule has 0 aliphatic carbocycles. The van der Waals surface area contributed by atoms with E-state index in [0.29, 0.717) is 49.8 Å². The molecule has 2 aliphatic rings. The zero-order chi connectivity index (χ0) is 21.6. The highest BCUT2D eigenvalue weighted by molar-refractivity contribution is 5.93. The van der Waals surface area contributed by atoms with Gasteiger partial charge < -0.3 is 36.5 Å². The number of ether oxygens (including phenoxy) is 2. The summed E-state index contributed by atoms with van der Waals surface area (Å²) in [4.78, 5) is 26.3. The van der Waals surface area contributed by atoms with Crippen LogP contribution in [0.3, 0.4) is 0 Å². The third-order valence-corrected chi connectivity index (χ3v) is 4.81. The number of nitrogens with zero attached hydrogens (tertiary/aromatic N) is 7. The summed E-state index contributed by atoms with van der Waals surface area (Å²) in [5, 5.41) is 0. The van der Waals surface area contributed by atoms with Crippen molar-refractivity contribution >= 4 is 29.5 Å². The van der Waals surface area contributed by atoms with Crippen molar-refractivity contribution < 1.29 is 9.47 Å². The van der Waals surface area contributed by atoms with E-state index >= 15 is 0 Å². The van der Waals surface area contributed by atoms with E-state index in [0.717, 1.165) is 31.7 Å². The second kappa shape index (κ2) is 9.53. The number of nitrogens with two attached hydrogens (primary N) is 3. The minimum atomic E-state index is -0.144. The van der Waals surface area contributed by atoms with Crippen LogP contribution in [-0.2, 0) is 9.47 Å².